The van der Waals surface area contributed by atoms with Crippen LogP contribution in [-0.2, 0) is 5.41 Å². The van der Waals surface area contributed by atoms with Gasteiger partial charge in [0.05, 0.1) is 0 Å². The molecule has 0 N–H and O–H groups in total. The highest BCUT2D eigenvalue weighted by atomic mass is 32.1. The fourth-order valence-electron chi connectivity index (χ4n) is 4.56. The van der Waals surface area contributed by atoms with Gasteiger partial charge in [-0.05, 0) is 72.6 Å². The number of hydrogen-bond acceptors (Lipinski definition) is 4. The molecule has 0 fully saturated rings. The normalized spacial score (nSPS) is 19.8. The number of anilines is 1. The van der Waals surface area contributed by atoms with Crippen molar-refractivity contribution in [1.82, 2.24) is 9.88 Å². The summed E-state index contributed by atoms with van der Waals surface area (Å²) < 4.78 is 0. The third-order valence-electron chi connectivity index (χ3n) is 5.79. The summed E-state index contributed by atoms with van der Waals surface area (Å²) in [4.78, 5) is 9.46. The molecule has 1 aliphatic heterocycles. The third-order valence-corrected chi connectivity index (χ3v) is 6.47. The lowest BCUT2D eigenvalue weighted by Gasteiger charge is -2.29. The summed E-state index contributed by atoms with van der Waals surface area (Å²) in [6, 6.07) is 13.4. The van der Waals surface area contributed by atoms with Crippen LogP contribution in [0.1, 0.15) is 25.0 Å². The molecule has 0 spiro atoms. The van der Waals surface area contributed by atoms with Crippen molar-refractivity contribution in [3.8, 4) is 11.1 Å². The van der Waals surface area contributed by atoms with Crippen molar-refractivity contribution in [3.05, 3.63) is 70.7 Å². The van der Waals surface area contributed by atoms with Crippen LogP contribution in [0, 0.1) is 5.92 Å². The molecule has 0 amide bonds. The summed E-state index contributed by atoms with van der Waals surface area (Å²) >= 11 is 1.73. The first-order valence-electron chi connectivity index (χ1n) is 9.94. The number of pyridine rings is 1. The van der Waals surface area contributed by atoms with Crippen molar-refractivity contribution < 1.29 is 0 Å². The van der Waals surface area contributed by atoms with E-state index in [4.69, 9.17) is 0 Å². The zero-order chi connectivity index (χ0) is 19.7. The number of aromatic nitrogens is 1. The summed E-state index contributed by atoms with van der Waals surface area (Å²) in [6.07, 6.45) is 4.03. The standard InChI is InChI=1S/C24H29N3S/c1-18(14-26(3)4)15-27-17-24(2,22-7-5-6-8-23(22)27)21-11-20(12-25-13-21)19-9-10-28-16-19/h5-13,16,18H,14-15,17H2,1-4H3. The van der Waals surface area contributed by atoms with Gasteiger partial charge in [0.25, 0.3) is 0 Å². The SMILES string of the molecule is CC(CN(C)C)CN1CC(C)(c2cncc(-c3ccsc3)c2)c2ccccc21. The third kappa shape index (κ3) is 3.59. The number of fused-ring (bicyclic) bond motifs is 1. The Labute approximate surface area is 172 Å². The summed E-state index contributed by atoms with van der Waals surface area (Å²) in [7, 11) is 4.31. The molecule has 2 atom stereocenters. The van der Waals surface area contributed by atoms with Gasteiger partial charge in [0.1, 0.15) is 0 Å². The number of rotatable bonds is 6. The molecule has 3 nitrogen and oxygen atoms in total. The van der Waals surface area contributed by atoms with Crippen molar-refractivity contribution in [2.45, 2.75) is 19.3 Å². The van der Waals surface area contributed by atoms with Gasteiger partial charge < -0.3 is 9.80 Å². The topological polar surface area (TPSA) is 19.4 Å². The molecule has 3 heterocycles. The predicted octanol–water partition coefficient (Wildman–Crippen LogP) is 5.13. The van der Waals surface area contributed by atoms with Crippen LogP contribution in [-0.4, -0.2) is 43.6 Å². The lowest BCUT2D eigenvalue weighted by atomic mass is 9.78. The van der Waals surface area contributed by atoms with Gasteiger partial charge in [-0.15, -0.1) is 0 Å². The largest absolute Gasteiger partial charge is 0.370 e. The van der Waals surface area contributed by atoms with Crippen LogP contribution < -0.4 is 4.90 Å². The van der Waals surface area contributed by atoms with E-state index in [9.17, 15) is 0 Å². The Hall–Kier alpha value is -2.17. The Morgan fingerprint density at radius 3 is 2.75 bits per heavy atom. The maximum Gasteiger partial charge on any atom is 0.0409 e. The average molecular weight is 392 g/mol. The van der Waals surface area contributed by atoms with E-state index in [1.165, 1.54) is 27.9 Å². The first kappa shape index (κ1) is 19.2. The number of benzene rings is 1. The van der Waals surface area contributed by atoms with E-state index in [-0.39, 0.29) is 5.41 Å². The minimum atomic E-state index is -0.0482. The molecule has 2 unspecified atom stereocenters. The molecule has 3 aromatic rings. The minimum absolute atomic E-state index is 0.0482. The van der Waals surface area contributed by atoms with Crippen molar-refractivity contribution in [3.63, 3.8) is 0 Å². The van der Waals surface area contributed by atoms with Gasteiger partial charge in [-0.1, -0.05) is 25.1 Å². The lowest BCUT2D eigenvalue weighted by molar-refractivity contribution is 0.338. The highest BCUT2D eigenvalue weighted by Crippen LogP contribution is 2.45. The van der Waals surface area contributed by atoms with Crippen LogP contribution in [0.5, 0.6) is 0 Å². The van der Waals surface area contributed by atoms with Gasteiger partial charge >= 0.3 is 0 Å². The fourth-order valence-corrected chi connectivity index (χ4v) is 5.23. The average Bonchev–Trinajstić information content (AvgIpc) is 3.30. The first-order chi connectivity index (χ1) is 13.5. The van der Waals surface area contributed by atoms with E-state index >= 15 is 0 Å². The van der Waals surface area contributed by atoms with Crippen molar-refractivity contribution in [1.29, 1.82) is 0 Å². The number of thiophene rings is 1. The van der Waals surface area contributed by atoms with Crippen LogP contribution in [0.4, 0.5) is 5.69 Å². The van der Waals surface area contributed by atoms with Crippen LogP contribution in [0.3, 0.4) is 0 Å². The van der Waals surface area contributed by atoms with Gasteiger partial charge in [0.15, 0.2) is 0 Å². The highest BCUT2D eigenvalue weighted by Gasteiger charge is 2.40. The molecule has 1 aromatic carbocycles. The van der Waals surface area contributed by atoms with Gasteiger partial charge in [-0.2, -0.15) is 11.3 Å². The van der Waals surface area contributed by atoms with E-state index in [0.717, 1.165) is 19.6 Å². The molecule has 0 radical (unpaired) electrons. The van der Waals surface area contributed by atoms with E-state index in [1.807, 2.05) is 6.20 Å². The second kappa shape index (κ2) is 7.69. The van der Waals surface area contributed by atoms with E-state index in [0.29, 0.717) is 5.92 Å². The molecule has 0 bridgehead atoms. The lowest BCUT2D eigenvalue weighted by Crippen LogP contribution is -2.36. The van der Waals surface area contributed by atoms with Crippen LogP contribution in [0.2, 0.25) is 0 Å². The van der Waals surface area contributed by atoms with Crippen LogP contribution >= 0.6 is 11.3 Å². The van der Waals surface area contributed by atoms with E-state index < -0.39 is 0 Å². The minimum Gasteiger partial charge on any atom is -0.370 e. The number of nitrogens with zero attached hydrogens (tertiary/aromatic N) is 3. The summed E-state index contributed by atoms with van der Waals surface area (Å²) in [6.45, 7) is 7.89. The smallest absolute Gasteiger partial charge is 0.0409 e. The Bertz CT molecular complexity index is 935. The molecule has 0 aliphatic carbocycles. The Morgan fingerprint density at radius 2 is 2.00 bits per heavy atom. The van der Waals surface area contributed by atoms with Gasteiger partial charge in [0.2, 0.25) is 0 Å². The molecule has 0 saturated heterocycles. The zero-order valence-electron chi connectivity index (χ0n) is 17.2. The zero-order valence-corrected chi connectivity index (χ0v) is 18.0. The highest BCUT2D eigenvalue weighted by molar-refractivity contribution is 7.08. The van der Waals surface area contributed by atoms with Crippen molar-refractivity contribution in [2.24, 2.45) is 5.92 Å². The molecule has 146 valence electrons. The predicted molar refractivity (Wildman–Crippen MR) is 120 cm³/mol. The van der Waals surface area contributed by atoms with E-state index in [2.05, 4.69) is 96.1 Å². The van der Waals surface area contributed by atoms with Gasteiger partial charge in [0, 0.05) is 48.7 Å². The Balaban J connectivity index is 1.69. The van der Waals surface area contributed by atoms with Gasteiger partial charge in [-0.3, -0.25) is 4.98 Å². The second-order valence-corrected chi connectivity index (χ2v) is 9.35. The number of hydrogen-bond donors (Lipinski definition) is 0. The van der Waals surface area contributed by atoms with Crippen molar-refractivity contribution in [2.75, 3.05) is 38.6 Å². The number of para-hydroxylation sites is 1. The molecule has 2 aromatic heterocycles. The molecule has 4 rings (SSSR count). The van der Waals surface area contributed by atoms with Gasteiger partial charge in [-0.25, -0.2) is 0 Å². The van der Waals surface area contributed by atoms with Crippen LogP contribution in [0.15, 0.2) is 59.6 Å². The van der Waals surface area contributed by atoms with Crippen LogP contribution in [0.25, 0.3) is 11.1 Å². The molecule has 4 heteroatoms. The monoisotopic (exact) mass is 391 g/mol. The fraction of sp³-hybridized carbons (Fsp3) is 0.375. The summed E-state index contributed by atoms with van der Waals surface area (Å²) in [5.41, 5.74) is 6.50. The maximum absolute atomic E-state index is 4.61. The molecular formula is C24H29N3S. The Kier molecular flexibility index (Phi) is 5.26. The molecule has 28 heavy (non-hydrogen) atoms. The summed E-state index contributed by atoms with van der Waals surface area (Å²) in [5, 5.41) is 4.32. The first-order valence-corrected chi connectivity index (χ1v) is 10.9. The Morgan fingerprint density at radius 1 is 1.18 bits per heavy atom. The molecule has 1 aliphatic rings. The quantitative estimate of drug-likeness (QED) is 0.580. The maximum atomic E-state index is 4.61. The van der Waals surface area contributed by atoms with Crippen molar-refractivity contribution >= 4 is 17.0 Å². The van der Waals surface area contributed by atoms with E-state index in [1.54, 1.807) is 11.3 Å². The molecule has 0 saturated carbocycles. The molecular weight excluding hydrogens is 362 g/mol. The second-order valence-electron chi connectivity index (χ2n) is 8.57. The summed E-state index contributed by atoms with van der Waals surface area (Å²) in [5.74, 6) is 0.612.